The third-order valence-corrected chi connectivity index (χ3v) is 2.52. The molecule has 0 bridgehead atoms. The first-order chi connectivity index (χ1) is 7.70. The van der Waals surface area contributed by atoms with Crippen molar-refractivity contribution in [1.82, 2.24) is 5.32 Å². The normalized spacial score (nSPS) is 22.1. The molecule has 1 unspecified atom stereocenters. The van der Waals surface area contributed by atoms with Gasteiger partial charge in [-0.2, -0.15) is 12.6 Å². The van der Waals surface area contributed by atoms with Gasteiger partial charge in [-0.1, -0.05) is 6.08 Å². The summed E-state index contributed by atoms with van der Waals surface area (Å²) in [6.45, 7) is 0.495. The lowest BCUT2D eigenvalue weighted by Gasteiger charge is -2.07. The molecule has 0 fully saturated rings. The van der Waals surface area contributed by atoms with Gasteiger partial charge in [-0.15, -0.1) is 0 Å². The first-order valence-electron chi connectivity index (χ1n) is 4.94. The summed E-state index contributed by atoms with van der Waals surface area (Å²) in [7, 11) is 0. The zero-order valence-electron chi connectivity index (χ0n) is 8.48. The van der Waals surface area contributed by atoms with Crippen molar-refractivity contribution in [3.63, 3.8) is 0 Å². The maximum Gasteiger partial charge on any atom is 0.269 e. The van der Waals surface area contributed by atoms with E-state index in [-0.39, 0.29) is 17.8 Å². The molecule has 1 N–H and O–H groups in total. The van der Waals surface area contributed by atoms with E-state index in [1.807, 2.05) is 0 Å². The summed E-state index contributed by atoms with van der Waals surface area (Å²) in [4.78, 5) is 15.8. The summed E-state index contributed by atoms with van der Waals surface area (Å²) >= 11 is 3.99. The van der Waals surface area contributed by atoms with Crippen LogP contribution in [-0.4, -0.2) is 30.0 Å². The Kier molecular flexibility index (Phi) is 3.24. The number of nitrogens with one attached hydrogen (secondary N) is 1. The van der Waals surface area contributed by atoms with Crippen LogP contribution in [0.3, 0.4) is 0 Å². The molecular weight excluding hydrogens is 227 g/mol. The summed E-state index contributed by atoms with van der Waals surface area (Å²) in [6, 6.07) is -0.212. The molecule has 0 spiro atoms. The summed E-state index contributed by atoms with van der Waals surface area (Å²) in [5.41, 5.74) is 1.06. The smallest absolute Gasteiger partial charge is 0.269 e. The van der Waals surface area contributed by atoms with E-state index >= 15 is 0 Å². The van der Waals surface area contributed by atoms with Crippen molar-refractivity contribution in [3.05, 3.63) is 35.7 Å². The number of nitrogens with zero attached hydrogens (tertiary/aromatic N) is 1. The van der Waals surface area contributed by atoms with Crippen LogP contribution in [-0.2, 0) is 4.79 Å². The van der Waals surface area contributed by atoms with Gasteiger partial charge in [0.25, 0.3) is 5.91 Å². The fourth-order valence-corrected chi connectivity index (χ4v) is 1.67. The fraction of sp³-hybridized carbons (Fsp3) is 0.273. The van der Waals surface area contributed by atoms with Gasteiger partial charge in [0.1, 0.15) is 11.5 Å². The zero-order valence-corrected chi connectivity index (χ0v) is 9.38. The Labute approximate surface area is 98.2 Å². The summed E-state index contributed by atoms with van der Waals surface area (Å²) in [5, 5.41) is 2.67. The Hall–Kier alpha value is -1.36. The number of carbonyl (C=O) groups is 1. The highest BCUT2D eigenvalue weighted by atomic mass is 32.1. The molecule has 0 aromatic rings. The Morgan fingerprint density at radius 3 is 3.12 bits per heavy atom. The van der Waals surface area contributed by atoms with E-state index in [4.69, 9.17) is 0 Å². The molecule has 0 saturated carbocycles. The van der Waals surface area contributed by atoms with E-state index in [9.17, 15) is 9.18 Å². The van der Waals surface area contributed by atoms with Gasteiger partial charge >= 0.3 is 0 Å². The van der Waals surface area contributed by atoms with Crippen molar-refractivity contribution in [2.45, 2.75) is 6.04 Å². The number of thiol groups is 1. The van der Waals surface area contributed by atoms with E-state index in [0.717, 1.165) is 5.57 Å². The first kappa shape index (κ1) is 11.1. The van der Waals surface area contributed by atoms with Crippen molar-refractivity contribution < 1.29 is 9.18 Å². The Morgan fingerprint density at radius 2 is 2.38 bits per heavy atom. The van der Waals surface area contributed by atoms with Crippen molar-refractivity contribution in [1.29, 1.82) is 0 Å². The average molecular weight is 238 g/mol. The molecule has 1 atom stereocenters. The molecule has 84 valence electrons. The van der Waals surface area contributed by atoms with Gasteiger partial charge in [-0.05, 0) is 23.8 Å². The van der Waals surface area contributed by atoms with Crippen LogP contribution in [0.2, 0.25) is 0 Å². The lowest BCUT2D eigenvalue weighted by Crippen LogP contribution is -2.31. The maximum absolute atomic E-state index is 12.9. The van der Waals surface area contributed by atoms with E-state index in [2.05, 4.69) is 22.9 Å². The molecule has 3 nitrogen and oxygen atoms in total. The third-order valence-electron chi connectivity index (χ3n) is 2.30. The number of aliphatic imine (C=N–C) groups is 1. The number of fused-ring (bicyclic) bond motifs is 1. The first-order valence-corrected chi connectivity index (χ1v) is 5.58. The molecule has 1 amide bonds. The van der Waals surface area contributed by atoms with Crippen LogP contribution in [0.4, 0.5) is 4.39 Å². The molecule has 16 heavy (non-hydrogen) atoms. The molecule has 1 aliphatic heterocycles. The fourth-order valence-electron chi connectivity index (χ4n) is 1.56. The van der Waals surface area contributed by atoms with Gasteiger partial charge in [0.15, 0.2) is 0 Å². The minimum atomic E-state index is -0.310. The van der Waals surface area contributed by atoms with Gasteiger partial charge in [-0.3, -0.25) is 9.79 Å². The number of carbonyl (C=O) groups excluding carboxylic acids is 1. The van der Waals surface area contributed by atoms with Crippen LogP contribution in [0.15, 0.2) is 40.7 Å². The van der Waals surface area contributed by atoms with Crippen molar-refractivity contribution in [3.8, 4) is 0 Å². The number of hydrogen-bond donors (Lipinski definition) is 2. The van der Waals surface area contributed by atoms with Crippen LogP contribution in [0.1, 0.15) is 0 Å². The van der Waals surface area contributed by atoms with Crippen molar-refractivity contribution in [2.24, 2.45) is 4.99 Å². The zero-order chi connectivity index (χ0) is 11.5. The third kappa shape index (κ3) is 2.24. The lowest BCUT2D eigenvalue weighted by molar-refractivity contribution is -0.114. The minimum absolute atomic E-state index is 0.212. The molecule has 0 aromatic carbocycles. The molecule has 0 aromatic heterocycles. The van der Waals surface area contributed by atoms with E-state index in [0.29, 0.717) is 18.0 Å². The standard InChI is InChI=1S/C11H11FN2OS/c12-8-1-2-9-7(5-8)6-10(14-9)11(15)13-3-4-16/h1-2,5-6,9,16H,3-4H2,(H,13,15). The highest BCUT2D eigenvalue weighted by molar-refractivity contribution is 7.80. The maximum atomic E-state index is 12.9. The summed E-state index contributed by atoms with van der Waals surface area (Å²) in [6.07, 6.45) is 6.01. The second kappa shape index (κ2) is 4.65. The highest BCUT2D eigenvalue weighted by Gasteiger charge is 2.23. The van der Waals surface area contributed by atoms with Gasteiger partial charge in [0.05, 0.1) is 6.04 Å². The number of rotatable bonds is 3. The number of allylic oxidation sites excluding steroid dienone is 2. The molecule has 0 saturated heterocycles. The van der Waals surface area contributed by atoms with E-state index in [1.165, 1.54) is 12.2 Å². The molecule has 5 heteroatoms. The lowest BCUT2D eigenvalue weighted by atomic mass is 10.0. The van der Waals surface area contributed by atoms with Gasteiger partial charge in [-0.25, -0.2) is 4.39 Å². The van der Waals surface area contributed by atoms with Crippen molar-refractivity contribution >= 4 is 24.2 Å². The van der Waals surface area contributed by atoms with Crippen LogP contribution in [0, 0.1) is 0 Å². The average Bonchev–Trinajstić information content (AvgIpc) is 2.68. The van der Waals surface area contributed by atoms with Gasteiger partial charge < -0.3 is 5.32 Å². The minimum Gasteiger partial charge on any atom is -0.350 e. The Balaban J connectivity index is 2.10. The molecule has 1 heterocycles. The Morgan fingerprint density at radius 1 is 1.56 bits per heavy atom. The Bertz CT molecular complexity index is 437. The van der Waals surface area contributed by atoms with Crippen molar-refractivity contribution in [2.75, 3.05) is 12.3 Å². The predicted octanol–water partition coefficient (Wildman–Crippen LogP) is 1.21. The number of halogens is 1. The second-order valence-corrected chi connectivity index (χ2v) is 3.92. The monoisotopic (exact) mass is 238 g/mol. The molecule has 2 rings (SSSR count). The predicted molar refractivity (Wildman–Crippen MR) is 64.5 cm³/mol. The van der Waals surface area contributed by atoms with Gasteiger partial charge in [0, 0.05) is 12.3 Å². The molecular formula is C11H11FN2OS. The largest absolute Gasteiger partial charge is 0.350 e. The molecule has 1 aliphatic carbocycles. The van der Waals surface area contributed by atoms with E-state index < -0.39 is 0 Å². The summed E-state index contributed by atoms with van der Waals surface area (Å²) in [5.74, 6) is 0.0286. The van der Waals surface area contributed by atoms with Crippen LogP contribution < -0.4 is 5.32 Å². The number of hydrogen-bond acceptors (Lipinski definition) is 3. The van der Waals surface area contributed by atoms with E-state index in [1.54, 1.807) is 12.2 Å². The summed E-state index contributed by atoms with van der Waals surface area (Å²) < 4.78 is 12.9. The second-order valence-electron chi connectivity index (χ2n) is 3.47. The highest BCUT2D eigenvalue weighted by Crippen LogP contribution is 2.24. The van der Waals surface area contributed by atoms with Gasteiger partial charge in [0.2, 0.25) is 0 Å². The number of amides is 1. The molecule has 2 aliphatic rings. The molecule has 0 radical (unpaired) electrons. The SMILES string of the molecule is O=C(NCCS)C1=NC2C=CC(F)=CC2=C1. The van der Waals surface area contributed by atoms with Crippen LogP contribution in [0.5, 0.6) is 0 Å². The van der Waals surface area contributed by atoms with Crippen LogP contribution >= 0.6 is 12.6 Å². The topological polar surface area (TPSA) is 41.5 Å². The quantitative estimate of drug-likeness (QED) is 0.713. The van der Waals surface area contributed by atoms with Crippen LogP contribution in [0.25, 0.3) is 0 Å².